The molecule has 0 aromatic heterocycles. The van der Waals surface area contributed by atoms with Gasteiger partial charge in [-0.2, -0.15) is 0 Å². The van der Waals surface area contributed by atoms with Gasteiger partial charge in [-0.3, -0.25) is 4.79 Å². The summed E-state index contributed by atoms with van der Waals surface area (Å²) in [5.74, 6) is 2.44. The Hall–Kier alpha value is -1.50. The highest BCUT2D eigenvalue weighted by Gasteiger charge is 2.35. The lowest BCUT2D eigenvalue weighted by molar-refractivity contribution is -0.590. The first-order valence-electron chi connectivity index (χ1n) is 14.8. The van der Waals surface area contributed by atoms with E-state index in [2.05, 4.69) is 10.7 Å². The van der Waals surface area contributed by atoms with E-state index >= 15 is 0 Å². The number of hydrogen-bond donors (Lipinski definition) is 1. The third kappa shape index (κ3) is 26.6. The Morgan fingerprint density at radius 3 is 1.21 bits per heavy atom. The fraction of sp³-hybridized carbons (Fsp3) is 0.912. The van der Waals surface area contributed by atoms with E-state index < -0.39 is 20.4 Å². The minimum absolute atomic E-state index is 0. The Labute approximate surface area is 268 Å². The number of piperidine rings is 1. The van der Waals surface area contributed by atoms with Gasteiger partial charge in [-0.25, -0.2) is 12.7 Å². The molecule has 1 aliphatic heterocycles. The van der Waals surface area contributed by atoms with Crippen LogP contribution >= 0.6 is 0 Å². The summed E-state index contributed by atoms with van der Waals surface area (Å²) in [4.78, 5) is 21.0. The fourth-order valence-electron chi connectivity index (χ4n) is 1.80. The third-order valence-corrected chi connectivity index (χ3v) is 9.03. The maximum Gasteiger partial charge on any atom is 0.310 e. The van der Waals surface area contributed by atoms with E-state index in [4.69, 9.17) is 6.42 Å². The van der Waals surface area contributed by atoms with Gasteiger partial charge in [0.05, 0.1) is 22.9 Å². The van der Waals surface area contributed by atoms with Gasteiger partial charge in [-0.05, 0) is 99.2 Å². The van der Waals surface area contributed by atoms with E-state index in [9.17, 15) is 23.2 Å². The molecule has 1 saturated heterocycles. The predicted molar refractivity (Wildman–Crippen MR) is 186 cm³/mol. The molecule has 260 valence electrons. The second kappa shape index (κ2) is 19.8. The lowest BCUT2D eigenvalue weighted by Crippen LogP contribution is -2.45. The monoisotopic (exact) mass is 638 g/mol. The smallest absolute Gasteiger partial charge is 0.310 e. The minimum atomic E-state index is -3.07. The third-order valence-electron chi connectivity index (χ3n) is 6.44. The molecule has 0 saturated carbocycles. The molecule has 0 atom stereocenters. The molecule has 0 aromatic rings. The fourth-order valence-corrected chi connectivity index (χ4v) is 3.31. The molecule has 1 fully saturated rings. The van der Waals surface area contributed by atoms with Crippen LogP contribution in [-0.4, -0.2) is 71.7 Å². The van der Waals surface area contributed by atoms with E-state index in [1.54, 1.807) is 25.1 Å². The highest BCUT2D eigenvalue weighted by molar-refractivity contribution is 7.90. The minimum Gasteiger partial charge on any atom is -0.469 e. The molecule has 43 heavy (non-hydrogen) atoms. The second-order valence-corrected chi connectivity index (χ2v) is 18.9. The highest BCUT2D eigenvalue weighted by atomic mass is 32.2. The SMILES string of the molecule is C.C#CC(C)(C)C.CC(C)(C)C(C)(C)O.CC(C)(C)S(=O)(=O)N1CCCCC1.COC(=O)C(C)(C)C.C[N+](=O)C(C)(C)C. The summed E-state index contributed by atoms with van der Waals surface area (Å²) in [7, 11) is -0.142. The van der Waals surface area contributed by atoms with Crippen LogP contribution in [-0.2, 0) is 19.6 Å². The van der Waals surface area contributed by atoms with Crippen LogP contribution in [0.25, 0.3) is 0 Å². The van der Waals surface area contributed by atoms with Crippen LogP contribution in [0.2, 0.25) is 0 Å². The molecular formula is C34H73N2O6S+. The summed E-state index contributed by atoms with van der Waals surface area (Å²) in [6.07, 6.45) is 8.24. The van der Waals surface area contributed by atoms with E-state index in [-0.39, 0.29) is 35.2 Å². The Bertz CT molecular complexity index is 905. The molecule has 1 N–H and O–H groups in total. The summed E-state index contributed by atoms with van der Waals surface area (Å²) in [6.45, 7) is 33.5. The number of sulfonamides is 1. The largest absolute Gasteiger partial charge is 0.469 e. The van der Waals surface area contributed by atoms with E-state index in [0.717, 1.165) is 24.0 Å². The van der Waals surface area contributed by atoms with Crippen molar-refractivity contribution in [3.63, 3.8) is 0 Å². The van der Waals surface area contributed by atoms with Crippen molar-refractivity contribution < 1.29 is 27.8 Å². The number of terminal acetylenes is 1. The Morgan fingerprint density at radius 2 is 1.09 bits per heavy atom. The molecule has 0 spiro atoms. The quantitative estimate of drug-likeness (QED) is 0.177. The molecule has 8 nitrogen and oxygen atoms in total. The average molecular weight is 638 g/mol. The van der Waals surface area contributed by atoms with Crippen molar-refractivity contribution >= 4 is 16.0 Å². The molecule has 0 unspecified atom stereocenters. The Balaban J connectivity index is -0.000000144. The van der Waals surface area contributed by atoms with Gasteiger partial charge in [-0.1, -0.05) is 34.6 Å². The zero-order chi connectivity index (χ0) is 35.2. The van der Waals surface area contributed by atoms with Gasteiger partial charge in [-0.15, -0.1) is 12.3 Å². The molecule has 9 heteroatoms. The zero-order valence-corrected chi connectivity index (χ0v) is 31.7. The second-order valence-electron chi connectivity index (χ2n) is 16.2. The van der Waals surface area contributed by atoms with Crippen molar-refractivity contribution in [1.29, 1.82) is 0 Å². The standard InChI is InChI=1S/C9H19NO2S.C7H16O.C6H12O2.C6H10.C5H12NO.CH4/c1-9(2,3)13(11,12)10-7-5-4-6-8-10;1-6(2,3)7(4,5)8;1-6(2,3)5(7)8-4;1-5-6(2,3)4;1-5(2,3)6(4)7;/h4-8H2,1-3H3;8H,1-5H3;1-4H3;1H,2-4H3;1-4H3;1H4/q;;;;+1;. The maximum absolute atomic E-state index is 11.9. The molecule has 1 aliphatic rings. The van der Waals surface area contributed by atoms with Crippen LogP contribution in [0.5, 0.6) is 0 Å². The number of aliphatic hydroxyl groups is 1. The number of rotatable bonds is 1. The first-order chi connectivity index (χ1) is 18.1. The number of methoxy groups -OCH3 is 1. The summed E-state index contributed by atoms with van der Waals surface area (Å²) in [5, 5.41) is 9.35. The van der Waals surface area contributed by atoms with Crippen LogP contribution in [0.15, 0.2) is 0 Å². The first kappa shape index (κ1) is 51.1. The number of esters is 1. The van der Waals surface area contributed by atoms with E-state index in [1.807, 2.05) is 96.9 Å². The zero-order valence-electron chi connectivity index (χ0n) is 30.9. The van der Waals surface area contributed by atoms with Gasteiger partial charge in [0.15, 0.2) is 7.05 Å². The van der Waals surface area contributed by atoms with Gasteiger partial charge in [0, 0.05) is 44.2 Å². The van der Waals surface area contributed by atoms with Gasteiger partial charge in [0.25, 0.3) is 0 Å². The van der Waals surface area contributed by atoms with Crippen molar-refractivity contribution in [2.45, 2.75) is 160 Å². The van der Waals surface area contributed by atoms with Crippen molar-refractivity contribution in [3.05, 3.63) is 4.91 Å². The van der Waals surface area contributed by atoms with Crippen molar-refractivity contribution in [1.82, 2.24) is 4.31 Å². The number of nitrogens with zero attached hydrogens (tertiary/aromatic N) is 2. The molecule has 0 bridgehead atoms. The van der Waals surface area contributed by atoms with Gasteiger partial charge in [0.2, 0.25) is 15.6 Å². The Kier molecular flexibility index (Phi) is 23.5. The first-order valence-corrected chi connectivity index (χ1v) is 16.2. The number of nitroso groups, excluding NO2 is 1. The highest BCUT2D eigenvalue weighted by Crippen LogP contribution is 2.28. The van der Waals surface area contributed by atoms with Crippen molar-refractivity contribution in [2.24, 2.45) is 16.2 Å². The maximum atomic E-state index is 11.9. The molecular weight excluding hydrogens is 564 g/mol. The number of carbonyl (C=O) groups excluding carboxylic acids is 1. The van der Waals surface area contributed by atoms with Gasteiger partial charge >= 0.3 is 5.97 Å². The normalized spacial score (nSPS) is 14.6. The number of hydrogen-bond acceptors (Lipinski definition) is 6. The van der Waals surface area contributed by atoms with Crippen LogP contribution in [0.1, 0.15) is 144 Å². The van der Waals surface area contributed by atoms with Crippen LogP contribution in [0.3, 0.4) is 0 Å². The summed E-state index contributed by atoms with van der Waals surface area (Å²) < 4.78 is 30.3. The molecule has 1 rings (SSSR count). The molecule has 0 aromatic carbocycles. The summed E-state index contributed by atoms with van der Waals surface area (Å²) in [5.41, 5.74) is -1.07. The van der Waals surface area contributed by atoms with Gasteiger partial charge < -0.3 is 9.84 Å². The number of carbonyl (C=O) groups is 1. The Morgan fingerprint density at radius 1 is 0.814 bits per heavy atom. The average Bonchev–Trinajstić information content (AvgIpc) is 2.77. The molecule has 1 heterocycles. The molecule has 0 aliphatic carbocycles. The van der Waals surface area contributed by atoms with E-state index in [1.165, 1.54) is 14.2 Å². The van der Waals surface area contributed by atoms with Crippen molar-refractivity contribution in [3.8, 4) is 12.3 Å². The van der Waals surface area contributed by atoms with Crippen LogP contribution in [0.4, 0.5) is 0 Å². The van der Waals surface area contributed by atoms with Gasteiger partial charge in [0.1, 0.15) is 0 Å². The molecule has 0 amide bonds. The van der Waals surface area contributed by atoms with Crippen LogP contribution < -0.4 is 0 Å². The van der Waals surface area contributed by atoms with Crippen molar-refractivity contribution in [2.75, 3.05) is 27.2 Å². The predicted octanol–water partition coefficient (Wildman–Crippen LogP) is 8.10. The van der Waals surface area contributed by atoms with E-state index in [0.29, 0.717) is 13.1 Å². The summed E-state index contributed by atoms with van der Waals surface area (Å²) in [6, 6.07) is 0. The lowest BCUT2D eigenvalue weighted by Gasteiger charge is -2.33. The van der Waals surface area contributed by atoms with Crippen LogP contribution in [0, 0.1) is 33.5 Å². The summed E-state index contributed by atoms with van der Waals surface area (Å²) >= 11 is 0. The molecule has 0 radical (unpaired) electrons. The topological polar surface area (TPSA) is 104 Å². The number of ether oxygens (including phenoxy) is 1. The lowest BCUT2D eigenvalue weighted by atomic mass is 9.79.